The van der Waals surface area contributed by atoms with Gasteiger partial charge in [0.15, 0.2) is 44.2 Å². The lowest BCUT2D eigenvalue weighted by molar-refractivity contribution is -0.140. The molecule has 2 aromatic carbocycles. The van der Waals surface area contributed by atoms with Gasteiger partial charge >= 0.3 is 11.9 Å². The van der Waals surface area contributed by atoms with E-state index in [1.807, 2.05) is 0 Å². The largest absolute Gasteiger partial charge is 0.493 e. The lowest BCUT2D eigenvalue weighted by Crippen LogP contribution is -2.48. The monoisotopic (exact) mass is 786 g/mol. The molecule has 0 aliphatic heterocycles. The van der Waals surface area contributed by atoms with Crippen LogP contribution in [0.5, 0.6) is 23.0 Å². The smallest absolute Gasteiger partial charge is 0.334 e. The highest BCUT2D eigenvalue weighted by Gasteiger charge is 2.30. The van der Waals surface area contributed by atoms with Crippen LogP contribution in [0.25, 0.3) is 12.2 Å². The highest BCUT2D eigenvalue weighted by molar-refractivity contribution is 6.54. The van der Waals surface area contributed by atoms with Crippen LogP contribution in [0.1, 0.15) is 45.2 Å². The van der Waals surface area contributed by atoms with E-state index >= 15 is 0 Å². The molecule has 0 heterocycles. The zero-order valence-corrected chi connectivity index (χ0v) is 31.6. The summed E-state index contributed by atoms with van der Waals surface area (Å²) >= 11 is 22.3. The van der Waals surface area contributed by atoms with Crippen molar-refractivity contribution in [2.24, 2.45) is 11.8 Å². The number of allylic oxidation sites excluding steroid dienone is 2. The van der Waals surface area contributed by atoms with E-state index in [0.29, 0.717) is 11.1 Å². The zero-order chi connectivity index (χ0) is 38.4. The Morgan fingerprint density at radius 1 is 0.608 bits per heavy atom. The molecule has 2 N–H and O–H groups in total. The van der Waals surface area contributed by atoms with Crippen molar-refractivity contribution in [3.05, 3.63) is 59.7 Å². The van der Waals surface area contributed by atoms with E-state index in [1.165, 1.54) is 62.8 Å². The third kappa shape index (κ3) is 13.9. The van der Waals surface area contributed by atoms with Gasteiger partial charge in [0, 0.05) is 0 Å². The summed E-state index contributed by atoms with van der Waals surface area (Å²) in [6.45, 7) is 6.82. The molecule has 0 bridgehead atoms. The van der Waals surface area contributed by atoms with Gasteiger partial charge in [-0.05, 0) is 59.4 Å². The number of amides is 2. The number of halogens is 4. The van der Waals surface area contributed by atoms with E-state index in [2.05, 4.69) is 10.6 Å². The molecular weight excluding hydrogens is 750 g/mol. The summed E-state index contributed by atoms with van der Waals surface area (Å²) in [5.74, 6) is -4.14. The average Bonchev–Trinajstić information content (AvgIpc) is 3.07. The molecule has 0 saturated carbocycles. The van der Waals surface area contributed by atoms with E-state index in [-0.39, 0.29) is 34.8 Å². The van der Waals surface area contributed by atoms with Crippen molar-refractivity contribution in [1.29, 1.82) is 0 Å². The van der Waals surface area contributed by atoms with Gasteiger partial charge in [-0.2, -0.15) is 0 Å². The SMILES string of the molecule is COc1cc(/C=C/C(=O)CC(=O)/C=C/c2ccc(OC(=O)[C@@H](NC(=O)C(Cl)Cl)C(C)C)c(OC)c2)ccc1OC(=O)C(NC(=O)C(Cl)Cl)C(C)C. The topological polar surface area (TPSA) is 163 Å². The Morgan fingerprint density at radius 3 is 1.25 bits per heavy atom. The Hall–Kier alpha value is -4.10. The van der Waals surface area contributed by atoms with Crippen LogP contribution >= 0.6 is 46.4 Å². The Labute approximate surface area is 315 Å². The van der Waals surface area contributed by atoms with Gasteiger partial charge in [0.1, 0.15) is 12.1 Å². The van der Waals surface area contributed by atoms with Crippen LogP contribution in [0.15, 0.2) is 48.6 Å². The third-order valence-corrected chi connectivity index (χ3v) is 7.69. The number of alkyl halides is 4. The minimum atomic E-state index is -1.36. The number of carbonyl (C=O) groups is 6. The van der Waals surface area contributed by atoms with Crippen molar-refractivity contribution in [2.75, 3.05) is 14.2 Å². The van der Waals surface area contributed by atoms with Crippen LogP contribution in [0, 0.1) is 11.8 Å². The molecule has 51 heavy (non-hydrogen) atoms. The van der Waals surface area contributed by atoms with E-state index in [9.17, 15) is 28.8 Å². The molecule has 0 aromatic heterocycles. The first kappa shape index (κ1) is 43.1. The second-order valence-corrected chi connectivity index (χ2v) is 13.7. The Balaban J connectivity index is 2.05. The Bertz CT molecular complexity index is 1540. The van der Waals surface area contributed by atoms with Gasteiger partial charge < -0.3 is 29.6 Å². The molecule has 0 radical (unpaired) electrons. The van der Waals surface area contributed by atoms with Gasteiger partial charge in [-0.25, -0.2) is 9.59 Å². The lowest BCUT2D eigenvalue weighted by atomic mass is 10.0. The second kappa shape index (κ2) is 20.7. The fourth-order valence-electron chi connectivity index (χ4n) is 4.18. The summed E-state index contributed by atoms with van der Waals surface area (Å²) in [6, 6.07) is 7.03. The molecular formula is C35H38Cl4N2O10. The number of ketones is 2. The van der Waals surface area contributed by atoms with Gasteiger partial charge in [0.2, 0.25) is 0 Å². The molecule has 276 valence electrons. The van der Waals surface area contributed by atoms with Gasteiger partial charge in [0.25, 0.3) is 11.8 Å². The van der Waals surface area contributed by atoms with Gasteiger partial charge in [-0.3, -0.25) is 19.2 Å². The first-order chi connectivity index (χ1) is 24.0. The molecule has 2 atom stereocenters. The standard InChI is InChI=1S/C35H38Cl4N2O10/c1-18(2)28(40-32(44)30(36)37)34(46)50-24-13-9-20(15-26(24)48-5)7-11-22(42)17-23(43)12-8-21-10-14-25(27(16-21)49-6)51-35(47)29(19(3)4)41-33(45)31(38)39/h7-16,18-19,28-31H,17H2,1-6H3,(H,40,44)(H,41,45)/b11-7+,12-8+/t28-,29?/m0/s1. The van der Waals surface area contributed by atoms with E-state index in [0.717, 1.165) is 0 Å². The van der Waals surface area contributed by atoms with Crippen LogP contribution in [-0.2, 0) is 28.8 Å². The van der Waals surface area contributed by atoms with Crippen LogP contribution in [0.3, 0.4) is 0 Å². The predicted octanol–water partition coefficient (Wildman–Crippen LogP) is 5.66. The number of hydrogen-bond donors (Lipinski definition) is 2. The summed E-state index contributed by atoms with van der Waals surface area (Å²) in [5.41, 5.74) is 1.03. The van der Waals surface area contributed by atoms with Crippen molar-refractivity contribution in [3.63, 3.8) is 0 Å². The number of methoxy groups -OCH3 is 2. The lowest BCUT2D eigenvalue weighted by Gasteiger charge is -2.21. The normalized spacial score (nSPS) is 12.7. The number of carbonyl (C=O) groups excluding carboxylic acids is 6. The molecule has 0 fully saturated rings. The Kier molecular flexibility index (Phi) is 17.5. The van der Waals surface area contributed by atoms with Crippen molar-refractivity contribution >= 4 is 93.9 Å². The van der Waals surface area contributed by atoms with Crippen LogP contribution in [-0.4, -0.2) is 71.3 Å². The van der Waals surface area contributed by atoms with Crippen molar-refractivity contribution in [1.82, 2.24) is 10.6 Å². The molecule has 0 saturated heterocycles. The number of rotatable bonds is 18. The molecule has 2 amide bonds. The summed E-state index contributed by atoms with van der Waals surface area (Å²) in [6.07, 6.45) is 4.97. The summed E-state index contributed by atoms with van der Waals surface area (Å²) in [5, 5.41) is 4.88. The third-order valence-electron chi connectivity index (χ3n) is 6.90. The molecule has 16 heteroatoms. The van der Waals surface area contributed by atoms with Crippen molar-refractivity contribution < 1.29 is 47.7 Å². The van der Waals surface area contributed by atoms with Crippen LogP contribution in [0.4, 0.5) is 0 Å². The van der Waals surface area contributed by atoms with E-state index in [4.69, 9.17) is 65.4 Å². The molecule has 0 aliphatic carbocycles. The summed E-state index contributed by atoms with van der Waals surface area (Å²) < 4.78 is 21.6. The molecule has 1 unspecified atom stereocenters. The molecule has 2 rings (SSSR count). The highest BCUT2D eigenvalue weighted by atomic mass is 35.5. The Morgan fingerprint density at radius 2 is 0.961 bits per heavy atom. The van der Waals surface area contributed by atoms with Crippen molar-refractivity contribution in [3.8, 4) is 23.0 Å². The van der Waals surface area contributed by atoms with E-state index < -0.39 is 63.5 Å². The minimum absolute atomic E-state index is 0.0720. The number of nitrogens with one attached hydrogen (secondary N) is 2. The molecule has 2 aromatic rings. The number of benzene rings is 2. The molecule has 12 nitrogen and oxygen atoms in total. The quantitative estimate of drug-likeness (QED) is 0.0634. The molecule has 0 spiro atoms. The maximum Gasteiger partial charge on any atom is 0.334 e. The maximum absolute atomic E-state index is 12.8. The van der Waals surface area contributed by atoms with Crippen LogP contribution in [0.2, 0.25) is 0 Å². The molecule has 0 aliphatic rings. The average molecular weight is 789 g/mol. The van der Waals surface area contributed by atoms with Gasteiger partial charge in [-0.15, -0.1) is 0 Å². The summed E-state index contributed by atoms with van der Waals surface area (Å²) in [4.78, 5) is 71.7. The minimum Gasteiger partial charge on any atom is -0.493 e. The van der Waals surface area contributed by atoms with Crippen LogP contribution < -0.4 is 29.6 Å². The number of ether oxygens (including phenoxy) is 4. The highest BCUT2D eigenvalue weighted by Crippen LogP contribution is 2.31. The van der Waals surface area contributed by atoms with Gasteiger partial charge in [-0.1, -0.05) is 98.4 Å². The van der Waals surface area contributed by atoms with E-state index in [1.54, 1.807) is 39.8 Å². The fourth-order valence-corrected chi connectivity index (χ4v) is 4.44. The number of esters is 2. The zero-order valence-electron chi connectivity index (χ0n) is 28.5. The van der Waals surface area contributed by atoms with Crippen molar-refractivity contribution in [2.45, 2.75) is 55.9 Å². The first-order valence-corrected chi connectivity index (χ1v) is 17.1. The predicted molar refractivity (Wildman–Crippen MR) is 194 cm³/mol. The first-order valence-electron chi connectivity index (χ1n) is 15.4. The van der Waals surface area contributed by atoms with Gasteiger partial charge in [0.05, 0.1) is 20.6 Å². The summed E-state index contributed by atoms with van der Waals surface area (Å²) in [7, 11) is 2.73. The maximum atomic E-state index is 12.8. The second-order valence-electron chi connectivity index (χ2n) is 11.5. The number of hydrogen-bond acceptors (Lipinski definition) is 10. The fraction of sp³-hybridized carbons (Fsp3) is 0.371.